The van der Waals surface area contributed by atoms with Crippen molar-refractivity contribution in [1.29, 1.82) is 0 Å². The molecule has 5 nitrogen and oxygen atoms in total. The number of ether oxygens (including phenoxy) is 1. The van der Waals surface area contributed by atoms with Crippen LogP contribution in [0.2, 0.25) is 5.02 Å². The van der Waals surface area contributed by atoms with Crippen molar-refractivity contribution in [2.45, 2.75) is 12.5 Å². The molecule has 1 aromatic carbocycles. The highest BCUT2D eigenvalue weighted by Gasteiger charge is 2.27. The predicted octanol–water partition coefficient (Wildman–Crippen LogP) is 2.50. The molecule has 0 fully saturated rings. The normalized spacial score (nSPS) is 16.8. The summed E-state index contributed by atoms with van der Waals surface area (Å²) < 4.78 is 5.71. The van der Waals surface area contributed by atoms with E-state index in [1.807, 2.05) is 24.3 Å². The molecule has 2 aromatic rings. The number of nitrogens with zero attached hydrogens (tertiary/aromatic N) is 2. The topological polar surface area (TPSA) is 72.3 Å². The fourth-order valence-electron chi connectivity index (χ4n) is 2.01. The van der Waals surface area contributed by atoms with Crippen molar-refractivity contribution < 1.29 is 14.6 Å². The average molecular weight is 277 g/mol. The van der Waals surface area contributed by atoms with E-state index in [4.69, 9.17) is 21.4 Å². The van der Waals surface area contributed by atoms with Gasteiger partial charge in [0.15, 0.2) is 17.6 Å². The number of hydrogen-bond donors (Lipinski definition) is 1. The third-order valence-electron chi connectivity index (χ3n) is 2.90. The van der Waals surface area contributed by atoms with E-state index in [-0.39, 0.29) is 16.8 Å². The van der Waals surface area contributed by atoms with Gasteiger partial charge in [0.2, 0.25) is 0 Å². The number of carbonyl (C=O) groups is 1. The van der Waals surface area contributed by atoms with Gasteiger partial charge in [-0.3, -0.25) is 0 Å². The Kier molecular flexibility index (Phi) is 2.83. The quantitative estimate of drug-likeness (QED) is 0.912. The molecule has 1 N–H and O–H groups in total. The first-order valence-electron chi connectivity index (χ1n) is 5.65. The third kappa shape index (κ3) is 2.13. The number of aromatic nitrogens is 2. The molecule has 0 saturated heterocycles. The lowest BCUT2D eigenvalue weighted by atomic mass is 10.1. The van der Waals surface area contributed by atoms with Gasteiger partial charge in [0.25, 0.3) is 0 Å². The van der Waals surface area contributed by atoms with E-state index < -0.39 is 5.97 Å². The first-order valence-corrected chi connectivity index (χ1v) is 6.03. The van der Waals surface area contributed by atoms with Crippen molar-refractivity contribution in [1.82, 2.24) is 9.97 Å². The Bertz CT molecular complexity index is 635. The highest BCUT2D eigenvalue weighted by Crippen LogP contribution is 2.35. The van der Waals surface area contributed by atoms with Crippen molar-refractivity contribution in [3.63, 3.8) is 0 Å². The van der Waals surface area contributed by atoms with Crippen LogP contribution >= 0.6 is 11.6 Å². The monoisotopic (exact) mass is 276 g/mol. The van der Waals surface area contributed by atoms with Gasteiger partial charge in [0.05, 0.1) is 11.2 Å². The van der Waals surface area contributed by atoms with E-state index >= 15 is 0 Å². The highest BCUT2D eigenvalue weighted by molar-refractivity contribution is 6.33. The number of carboxylic acid groups (broad SMARTS) is 1. The van der Waals surface area contributed by atoms with E-state index in [2.05, 4.69) is 9.97 Å². The van der Waals surface area contributed by atoms with Gasteiger partial charge in [0, 0.05) is 6.42 Å². The number of aromatic carboxylic acids is 1. The van der Waals surface area contributed by atoms with Crippen molar-refractivity contribution in [2.24, 2.45) is 0 Å². The minimum Gasteiger partial charge on any atom is -0.482 e. The predicted molar refractivity (Wildman–Crippen MR) is 67.5 cm³/mol. The maximum atomic E-state index is 11.0. The number of fused-ring (bicyclic) bond motifs is 1. The summed E-state index contributed by atoms with van der Waals surface area (Å²) in [5.74, 6) is -0.0647. The molecule has 1 aliphatic heterocycles. The van der Waals surface area contributed by atoms with Gasteiger partial charge in [-0.25, -0.2) is 14.8 Å². The second-order valence-electron chi connectivity index (χ2n) is 4.15. The second kappa shape index (κ2) is 4.51. The molecule has 19 heavy (non-hydrogen) atoms. The van der Waals surface area contributed by atoms with Crippen LogP contribution in [0.4, 0.5) is 0 Å². The molecule has 2 heterocycles. The standard InChI is InChI=1S/C13H9ClN2O3/c14-8-6-15-12(16-11(8)13(17)18)10-5-7-3-1-2-4-9(7)19-10/h1-4,6,10H,5H2,(H,17,18). The smallest absolute Gasteiger partial charge is 0.356 e. The molecular weight excluding hydrogens is 268 g/mol. The molecule has 0 bridgehead atoms. The summed E-state index contributed by atoms with van der Waals surface area (Å²) in [4.78, 5) is 19.0. The van der Waals surface area contributed by atoms with Crippen LogP contribution in [-0.2, 0) is 6.42 Å². The van der Waals surface area contributed by atoms with Gasteiger partial charge in [-0.2, -0.15) is 0 Å². The van der Waals surface area contributed by atoms with E-state index in [9.17, 15) is 4.79 Å². The summed E-state index contributed by atoms with van der Waals surface area (Å²) in [5.41, 5.74) is 0.856. The number of rotatable bonds is 2. The third-order valence-corrected chi connectivity index (χ3v) is 3.18. The minimum atomic E-state index is -1.18. The van der Waals surface area contributed by atoms with Gasteiger partial charge >= 0.3 is 5.97 Å². The van der Waals surface area contributed by atoms with Gasteiger partial charge in [-0.05, 0) is 11.6 Å². The largest absolute Gasteiger partial charge is 0.482 e. The molecule has 3 rings (SSSR count). The van der Waals surface area contributed by atoms with Crippen LogP contribution in [0.3, 0.4) is 0 Å². The summed E-state index contributed by atoms with van der Waals surface area (Å²) in [5, 5.41) is 9.01. The van der Waals surface area contributed by atoms with Crippen molar-refractivity contribution in [3.8, 4) is 5.75 Å². The highest BCUT2D eigenvalue weighted by atomic mass is 35.5. The Hall–Kier alpha value is -2.14. The van der Waals surface area contributed by atoms with Crippen LogP contribution in [0, 0.1) is 0 Å². The fraction of sp³-hybridized carbons (Fsp3) is 0.154. The zero-order valence-electron chi connectivity index (χ0n) is 9.71. The first kappa shape index (κ1) is 11.9. The Labute approximate surface area is 113 Å². The van der Waals surface area contributed by atoms with Crippen LogP contribution in [0.15, 0.2) is 30.5 Å². The molecule has 6 heteroatoms. The molecular formula is C13H9ClN2O3. The molecule has 1 unspecified atom stereocenters. The Balaban J connectivity index is 1.93. The number of para-hydroxylation sites is 1. The molecule has 0 spiro atoms. The summed E-state index contributed by atoms with van der Waals surface area (Å²) >= 11 is 5.74. The lowest BCUT2D eigenvalue weighted by Gasteiger charge is -2.09. The Morgan fingerprint density at radius 3 is 2.95 bits per heavy atom. The Morgan fingerprint density at radius 1 is 1.42 bits per heavy atom. The lowest BCUT2D eigenvalue weighted by molar-refractivity contribution is 0.0689. The fourth-order valence-corrected chi connectivity index (χ4v) is 2.18. The molecule has 0 aliphatic carbocycles. The van der Waals surface area contributed by atoms with Gasteiger partial charge in [-0.15, -0.1) is 0 Å². The molecule has 0 saturated carbocycles. The molecule has 0 amide bonds. The van der Waals surface area contributed by atoms with E-state index in [0.717, 1.165) is 11.3 Å². The van der Waals surface area contributed by atoms with Gasteiger partial charge < -0.3 is 9.84 Å². The van der Waals surface area contributed by atoms with Crippen molar-refractivity contribution in [3.05, 3.63) is 52.6 Å². The SMILES string of the molecule is O=C(O)c1nc(C2Cc3ccccc3O2)ncc1Cl. The van der Waals surface area contributed by atoms with Crippen LogP contribution in [-0.4, -0.2) is 21.0 Å². The van der Waals surface area contributed by atoms with E-state index in [1.54, 1.807) is 0 Å². The molecule has 1 aliphatic rings. The summed E-state index contributed by atoms with van der Waals surface area (Å²) in [6.45, 7) is 0. The number of hydrogen-bond acceptors (Lipinski definition) is 4. The van der Waals surface area contributed by atoms with Crippen LogP contribution < -0.4 is 4.74 Å². The summed E-state index contributed by atoms with van der Waals surface area (Å²) in [7, 11) is 0. The van der Waals surface area contributed by atoms with Crippen LogP contribution in [0.25, 0.3) is 0 Å². The van der Waals surface area contributed by atoms with E-state index in [0.29, 0.717) is 12.2 Å². The first-order chi connectivity index (χ1) is 9.15. The average Bonchev–Trinajstić information content (AvgIpc) is 2.82. The molecule has 96 valence electrons. The van der Waals surface area contributed by atoms with Crippen LogP contribution in [0.5, 0.6) is 5.75 Å². The van der Waals surface area contributed by atoms with Crippen molar-refractivity contribution >= 4 is 17.6 Å². The number of benzene rings is 1. The number of halogens is 1. The lowest BCUT2D eigenvalue weighted by Crippen LogP contribution is -2.12. The zero-order valence-corrected chi connectivity index (χ0v) is 10.5. The van der Waals surface area contributed by atoms with Gasteiger partial charge in [0.1, 0.15) is 5.75 Å². The zero-order chi connectivity index (χ0) is 13.4. The molecule has 1 atom stereocenters. The van der Waals surface area contributed by atoms with E-state index in [1.165, 1.54) is 6.20 Å². The molecule has 1 aromatic heterocycles. The second-order valence-corrected chi connectivity index (χ2v) is 4.56. The maximum absolute atomic E-state index is 11.0. The summed E-state index contributed by atoms with van der Waals surface area (Å²) in [6, 6.07) is 7.63. The van der Waals surface area contributed by atoms with Crippen LogP contribution in [0.1, 0.15) is 28.0 Å². The Morgan fingerprint density at radius 2 is 2.21 bits per heavy atom. The maximum Gasteiger partial charge on any atom is 0.356 e. The number of carboxylic acids is 1. The summed E-state index contributed by atoms with van der Waals surface area (Å²) in [6.07, 6.45) is 1.55. The molecule has 0 radical (unpaired) electrons. The van der Waals surface area contributed by atoms with Gasteiger partial charge in [-0.1, -0.05) is 29.8 Å². The van der Waals surface area contributed by atoms with Crippen molar-refractivity contribution in [2.75, 3.05) is 0 Å². The minimum absolute atomic E-state index is 0.0201.